The van der Waals surface area contributed by atoms with Crippen LogP contribution in [0.4, 0.5) is 0 Å². The summed E-state index contributed by atoms with van der Waals surface area (Å²) in [7, 11) is 0. The van der Waals surface area contributed by atoms with Crippen LogP contribution in [0.3, 0.4) is 0 Å². The van der Waals surface area contributed by atoms with Crippen molar-refractivity contribution in [3.8, 4) is 0 Å². The Hall–Kier alpha value is -0.0800. The van der Waals surface area contributed by atoms with Gasteiger partial charge in [-0.3, -0.25) is 4.90 Å². The van der Waals surface area contributed by atoms with Gasteiger partial charge in [0.05, 0.1) is 0 Å². The summed E-state index contributed by atoms with van der Waals surface area (Å²) in [6.45, 7) is 15.1. The molecular weight excluding hydrogens is 196 g/mol. The molecule has 0 aliphatic carbocycles. The monoisotopic (exact) mass is 226 g/mol. The number of nitrogens with one attached hydrogen (secondary N) is 1. The minimum atomic E-state index is 0.391. The van der Waals surface area contributed by atoms with Gasteiger partial charge in [-0.15, -0.1) is 0 Å². The highest BCUT2D eigenvalue weighted by Gasteiger charge is 2.33. The third-order valence-electron chi connectivity index (χ3n) is 3.89. The third kappa shape index (κ3) is 3.74. The molecular formula is C14H30N2. The van der Waals surface area contributed by atoms with Gasteiger partial charge in [0.15, 0.2) is 0 Å². The molecule has 2 heteroatoms. The smallest absolute Gasteiger partial charge is 0.00962 e. The molecule has 1 saturated heterocycles. The summed E-state index contributed by atoms with van der Waals surface area (Å²) in [5.74, 6) is 0. The maximum Gasteiger partial charge on any atom is 0.00962 e. The summed E-state index contributed by atoms with van der Waals surface area (Å²) in [5.41, 5.74) is 0.391. The van der Waals surface area contributed by atoms with E-state index in [-0.39, 0.29) is 0 Å². The predicted octanol–water partition coefficient (Wildman–Crippen LogP) is 2.89. The van der Waals surface area contributed by atoms with Crippen molar-refractivity contribution in [2.24, 2.45) is 5.41 Å². The summed E-state index contributed by atoms with van der Waals surface area (Å²) in [5, 5.41) is 3.48. The van der Waals surface area contributed by atoms with Crippen LogP contribution in [0.5, 0.6) is 0 Å². The molecule has 16 heavy (non-hydrogen) atoms. The molecule has 0 saturated carbocycles. The molecule has 1 aliphatic heterocycles. The SMILES string of the molecule is CCNCC(C)(C)CN1C(C)CCC1CC. The molecule has 0 spiro atoms. The van der Waals surface area contributed by atoms with E-state index in [0.717, 1.165) is 25.2 Å². The first kappa shape index (κ1) is 14.0. The first-order valence-electron chi connectivity index (χ1n) is 6.96. The largest absolute Gasteiger partial charge is 0.316 e. The Balaban J connectivity index is 2.50. The molecule has 1 aliphatic rings. The van der Waals surface area contributed by atoms with E-state index < -0.39 is 0 Å². The second kappa shape index (κ2) is 6.02. The molecule has 2 atom stereocenters. The van der Waals surface area contributed by atoms with Crippen molar-refractivity contribution in [1.29, 1.82) is 0 Å². The van der Waals surface area contributed by atoms with Crippen molar-refractivity contribution < 1.29 is 0 Å². The molecule has 0 aromatic carbocycles. The minimum Gasteiger partial charge on any atom is -0.316 e. The van der Waals surface area contributed by atoms with Crippen molar-refractivity contribution in [3.05, 3.63) is 0 Å². The Bertz CT molecular complexity index is 201. The van der Waals surface area contributed by atoms with Crippen molar-refractivity contribution in [2.75, 3.05) is 19.6 Å². The first-order valence-corrected chi connectivity index (χ1v) is 6.96. The number of hydrogen-bond donors (Lipinski definition) is 1. The lowest BCUT2D eigenvalue weighted by atomic mass is 9.91. The zero-order valence-corrected chi connectivity index (χ0v) is 11.8. The Morgan fingerprint density at radius 3 is 2.50 bits per heavy atom. The van der Waals surface area contributed by atoms with Gasteiger partial charge in [0.25, 0.3) is 0 Å². The zero-order chi connectivity index (χ0) is 12.2. The van der Waals surface area contributed by atoms with Crippen LogP contribution in [0.15, 0.2) is 0 Å². The fourth-order valence-electron chi connectivity index (χ4n) is 2.86. The van der Waals surface area contributed by atoms with E-state index in [9.17, 15) is 0 Å². The van der Waals surface area contributed by atoms with E-state index in [1.165, 1.54) is 25.8 Å². The summed E-state index contributed by atoms with van der Waals surface area (Å²) < 4.78 is 0. The molecule has 1 rings (SSSR count). The Morgan fingerprint density at radius 2 is 1.94 bits per heavy atom. The molecule has 1 N–H and O–H groups in total. The highest BCUT2D eigenvalue weighted by Crippen LogP contribution is 2.29. The average molecular weight is 226 g/mol. The van der Waals surface area contributed by atoms with Gasteiger partial charge in [0.2, 0.25) is 0 Å². The Morgan fingerprint density at radius 1 is 1.25 bits per heavy atom. The molecule has 2 nitrogen and oxygen atoms in total. The van der Waals surface area contributed by atoms with Crippen LogP contribution in [0.2, 0.25) is 0 Å². The van der Waals surface area contributed by atoms with Gasteiger partial charge < -0.3 is 5.32 Å². The van der Waals surface area contributed by atoms with Gasteiger partial charge >= 0.3 is 0 Å². The predicted molar refractivity (Wildman–Crippen MR) is 71.8 cm³/mol. The van der Waals surface area contributed by atoms with Gasteiger partial charge in [-0.1, -0.05) is 27.7 Å². The fraction of sp³-hybridized carbons (Fsp3) is 1.00. The molecule has 0 aromatic rings. The Kier molecular flexibility index (Phi) is 5.26. The van der Waals surface area contributed by atoms with Crippen molar-refractivity contribution in [1.82, 2.24) is 10.2 Å². The topological polar surface area (TPSA) is 15.3 Å². The second-order valence-corrected chi connectivity index (χ2v) is 6.11. The maximum absolute atomic E-state index is 3.48. The summed E-state index contributed by atoms with van der Waals surface area (Å²) in [6.07, 6.45) is 4.09. The zero-order valence-electron chi connectivity index (χ0n) is 11.8. The summed E-state index contributed by atoms with van der Waals surface area (Å²) in [4.78, 5) is 2.73. The summed E-state index contributed by atoms with van der Waals surface area (Å²) >= 11 is 0. The number of rotatable bonds is 6. The van der Waals surface area contributed by atoms with Crippen LogP contribution in [-0.2, 0) is 0 Å². The normalized spacial score (nSPS) is 27.6. The first-order chi connectivity index (χ1) is 7.50. The van der Waals surface area contributed by atoms with Crippen LogP contribution >= 0.6 is 0 Å². The average Bonchev–Trinajstić information content (AvgIpc) is 2.57. The van der Waals surface area contributed by atoms with E-state index >= 15 is 0 Å². The van der Waals surface area contributed by atoms with Gasteiger partial charge in [0.1, 0.15) is 0 Å². The second-order valence-electron chi connectivity index (χ2n) is 6.11. The van der Waals surface area contributed by atoms with Crippen molar-refractivity contribution in [3.63, 3.8) is 0 Å². The number of hydrogen-bond acceptors (Lipinski definition) is 2. The van der Waals surface area contributed by atoms with Gasteiger partial charge in [-0.2, -0.15) is 0 Å². The highest BCUT2D eigenvalue weighted by atomic mass is 15.2. The molecule has 0 aromatic heterocycles. The quantitative estimate of drug-likeness (QED) is 0.749. The van der Waals surface area contributed by atoms with E-state index in [1.807, 2.05) is 0 Å². The standard InChI is InChI=1S/C14H30N2/c1-6-13-9-8-12(3)16(13)11-14(4,5)10-15-7-2/h12-13,15H,6-11H2,1-5H3. The van der Waals surface area contributed by atoms with Crippen molar-refractivity contribution in [2.45, 2.75) is 66.0 Å². The third-order valence-corrected chi connectivity index (χ3v) is 3.89. The lowest BCUT2D eigenvalue weighted by molar-refractivity contribution is 0.127. The van der Waals surface area contributed by atoms with Crippen molar-refractivity contribution >= 4 is 0 Å². The van der Waals surface area contributed by atoms with E-state index in [0.29, 0.717) is 5.41 Å². The maximum atomic E-state index is 3.48. The Labute approximate surface area is 102 Å². The molecule has 1 fully saturated rings. The van der Waals surface area contributed by atoms with Crippen LogP contribution in [-0.4, -0.2) is 36.6 Å². The van der Waals surface area contributed by atoms with E-state index in [4.69, 9.17) is 0 Å². The highest BCUT2D eigenvalue weighted by molar-refractivity contribution is 4.88. The van der Waals surface area contributed by atoms with Gasteiger partial charge in [0, 0.05) is 25.2 Å². The lowest BCUT2D eigenvalue weighted by Gasteiger charge is -2.36. The van der Waals surface area contributed by atoms with E-state index in [2.05, 4.69) is 44.8 Å². The molecule has 96 valence electrons. The van der Waals surface area contributed by atoms with Crippen LogP contribution in [0.1, 0.15) is 53.9 Å². The number of nitrogens with zero attached hydrogens (tertiary/aromatic N) is 1. The van der Waals surface area contributed by atoms with Crippen LogP contribution < -0.4 is 5.32 Å². The van der Waals surface area contributed by atoms with E-state index in [1.54, 1.807) is 0 Å². The number of likely N-dealkylation sites (tertiary alicyclic amines) is 1. The molecule has 2 unspecified atom stereocenters. The van der Waals surface area contributed by atoms with Gasteiger partial charge in [-0.05, 0) is 38.1 Å². The fourth-order valence-corrected chi connectivity index (χ4v) is 2.86. The van der Waals surface area contributed by atoms with Gasteiger partial charge in [-0.25, -0.2) is 0 Å². The molecule has 0 radical (unpaired) electrons. The minimum absolute atomic E-state index is 0.391. The van der Waals surface area contributed by atoms with Crippen LogP contribution in [0.25, 0.3) is 0 Å². The summed E-state index contributed by atoms with van der Waals surface area (Å²) in [6, 6.07) is 1.61. The van der Waals surface area contributed by atoms with Crippen LogP contribution in [0, 0.1) is 5.41 Å². The lowest BCUT2D eigenvalue weighted by Crippen LogP contribution is -2.44. The molecule has 0 amide bonds. The molecule has 1 heterocycles. The molecule has 0 bridgehead atoms.